The molecule has 0 spiro atoms. The number of hydrogen-bond acceptors (Lipinski definition) is 4. The van der Waals surface area contributed by atoms with Crippen molar-refractivity contribution >= 4 is 11.6 Å². The first kappa shape index (κ1) is 19.0. The molecule has 1 aliphatic heterocycles. The van der Waals surface area contributed by atoms with E-state index in [1.54, 1.807) is 12.1 Å². The first-order chi connectivity index (χ1) is 13.2. The summed E-state index contributed by atoms with van der Waals surface area (Å²) in [5.74, 6) is 1.63. The summed E-state index contributed by atoms with van der Waals surface area (Å²) in [5, 5.41) is 15.6. The molecule has 0 amide bonds. The number of rotatable bonds is 5. The Morgan fingerprint density at radius 1 is 1.15 bits per heavy atom. The molecular formula is C20H24FN3O3. The molecule has 1 aliphatic rings. The molecule has 1 heterocycles. The Morgan fingerprint density at radius 3 is 2.74 bits per heavy atom. The van der Waals surface area contributed by atoms with Crippen molar-refractivity contribution in [3.05, 3.63) is 53.3 Å². The standard InChI is InChI=1S/C20H24FN3O3/c1-2-22-20(23-12-14-4-6-17(21)15(10-14)13-25)24-16-5-7-18-19(11-16)27-9-3-8-26-18/h4-7,10-11,25H,2-3,8-9,12-13H2,1H3,(H2,22,23,24). The van der Waals surface area contributed by atoms with Crippen LogP contribution < -0.4 is 20.1 Å². The summed E-state index contributed by atoms with van der Waals surface area (Å²) < 4.78 is 24.9. The Balaban J connectivity index is 1.73. The van der Waals surface area contributed by atoms with E-state index in [2.05, 4.69) is 15.6 Å². The largest absolute Gasteiger partial charge is 0.490 e. The fraction of sp³-hybridized carbons (Fsp3) is 0.350. The van der Waals surface area contributed by atoms with E-state index in [1.165, 1.54) is 6.07 Å². The molecule has 0 aromatic heterocycles. The zero-order valence-corrected chi connectivity index (χ0v) is 15.3. The van der Waals surface area contributed by atoms with Gasteiger partial charge in [-0.3, -0.25) is 0 Å². The van der Waals surface area contributed by atoms with Crippen molar-refractivity contribution in [2.45, 2.75) is 26.5 Å². The van der Waals surface area contributed by atoms with Gasteiger partial charge in [0.05, 0.1) is 26.4 Å². The first-order valence-electron chi connectivity index (χ1n) is 9.02. The number of nitrogens with zero attached hydrogens (tertiary/aromatic N) is 1. The van der Waals surface area contributed by atoms with Gasteiger partial charge < -0.3 is 25.2 Å². The van der Waals surface area contributed by atoms with Gasteiger partial charge in [-0.15, -0.1) is 0 Å². The van der Waals surface area contributed by atoms with Crippen LogP contribution in [0.3, 0.4) is 0 Å². The maximum atomic E-state index is 13.5. The molecule has 0 saturated heterocycles. The fourth-order valence-electron chi connectivity index (χ4n) is 2.70. The average molecular weight is 373 g/mol. The van der Waals surface area contributed by atoms with Crippen molar-refractivity contribution in [2.75, 3.05) is 25.1 Å². The number of fused-ring (bicyclic) bond motifs is 1. The molecule has 0 unspecified atom stereocenters. The summed E-state index contributed by atoms with van der Waals surface area (Å²) in [4.78, 5) is 4.53. The van der Waals surface area contributed by atoms with Gasteiger partial charge in [0.25, 0.3) is 0 Å². The minimum absolute atomic E-state index is 0.267. The number of ether oxygens (including phenoxy) is 2. The van der Waals surface area contributed by atoms with Crippen molar-refractivity contribution in [3.63, 3.8) is 0 Å². The second-order valence-corrected chi connectivity index (χ2v) is 6.12. The van der Waals surface area contributed by atoms with E-state index in [9.17, 15) is 9.50 Å². The van der Waals surface area contributed by atoms with Crippen molar-refractivity contribution < 1.29 is 19.0 Å². The Labute approximate surface area is 158 Å². The van der Waals surface area contributed by atoms with Crippen molar-refractivity contribution in [2.24, 2.45) is 4.99 Å². The van der Waals surface area contributed by atoms with Gasteiger partial charge >= 0.3 is 0 Å². The van der Waals surface area contributed by atoms with Gasteiger partial charge in [0.1, 0.15) is 5.82 Å². The molecule has 7 heteroatoms. The van der Waals surface area contributed by atoms with E-state index < -0.39 is 5.82 Å². The molecule has 27 heavy (non-hydrogen) atoms. The van der Waals surface area contributed by atoms with E-state index in [0.717, 1.165) is 23.4 Å². The second kappa shape index (κ2) is 9.23. The zero-order chi connectivity index (χ0) is 19.1. The molecule has 0 bridgehead atoms. The summed E-state index contributed by atoms with van der Waals surface area (Å²) in [6, 6.07) is 10.3. The quantitative estimate of drug-likeness (QED) is 0.555. The fourth-order valence-corrected chi connectivity index (χ4v) is 2.70. The number of benzene rings is 2. The van der Waals surface area contributed by atoms with Crippen LogP contribution in [-0.4, -0.2) is 30.8 Å². The van der Waals surface area contributed by atoms with Crippen LogP contribution in [-0.2, 0) is 13.2 Å². The summed E-state index contributed by atoms with van der Waals surface area (Å²) in [6.45, 7) is 3.97. The average Bonchev–Trinajstić information content (AvgIpc) is 2.92. The number of aliphatic hydroxyl groups excluding tert-OH is 1. The van der Waals surface area contributed by atoms with Crippen LogP contribution in [0.2, 0.25) is 0 Å². The van der Waals surface area contributed by atoms with Gasteiger partial charge in [-0.1, -0.05) is 6.07 Å². The predicted octanol–water partition coefficient (Wildman–Crippen LogP) is 3.06. The Hall–Kier alpha value is -2.80. The summed E-state index contributed by atoms with van der Waals surface area (Å²) in [6.07, 6.45) is 0.856. The number of anilines is 1. The highest BCUT2D eigenvalue weighted by atomic mass is 19.1. The lowest BCUT2D eigenvalue weighted by molar-refractivity contribution is 0.275. The normalized spacial score (nSPS) is 13.8. The topological polar surface area (TPSA) is 75.1 Å². The second-order valence-electron chi connectivity index (χ2n) is 6.12. The third-order valence-corrected chi connectivity index (χ3v) is 4.05. The summed E-state index contributed by atoms with van der Waals surface area (Å²) in [7, 11) is 0. The number of aliphatic imine (C=N–C) groups is 1. The highest BCUT2D eigenvalue weighted by Gasteiger charge is 2.11. The highest BCUT2D eigenvalue weighted by molar-refractivity contribution is 5.93. The molecule has 0 saturated carbocycles. The Morgan fingerprint density at radius 2 is 1.96 bits per heavy atom. The SMILES string of the molecule is CCNC(=NCc1ccc(F)c(CO)c1)Nc1ccc2c(c1)OCCCO2. The van der Waals surface area contributed by atoms with Gasteiger partial charge in [0.2, 0.25) is 0 Å². The Kier molecular flexibility index (Phi) is 6.49. The maximum Gasteiger partial charge on any atom is 0.196 e. The summed E-state index contributed by atoms with van der Waals surface area (Å²) >= 11 is 0. The van der Waals surface area contributed by atoms with Gasteiger partial charge in [-0.25, -0.2) is 9.38 Å². The molecule has 0 radical (unpaired) electrons. The lowest BCUT2D eigenvalue weighted by Gasteiger charge is -2.14. The van der Waals surface area contributed by atoms with Crippen LogP contribution in [0, 0.1) is 5.82 Å². The van der Waals surface area contributed by atoms with Crippen LogP contribution >= 0.6 is 0 Å². The number of aliphatic hydroxyl groups is 1. The minimum atomic E-state index is -0.414. The molecule has 6 nitrogen and oxygen atoms in total. The van der Waals surface area contributed by atoms with Crippen molar-refractivity contribution in [3.8, 4) is 11.5 Å². The van der Waals surface area contributed by atoms with E-state index in [1.807, 2.05) is 25.1 Å². The predicted molar refractivity (Wildman–Crippen MR) is 103 cm³/mol. The van der Waals surface area contributed by atoms with Crippen molar-refractivity contribution in [1.82, 2.24) is 5.32 Å². The van der Waals surface area contributed by atoms with E-state index in [4.69, 9.17) is 9.47 Å². The van der Waals surface area contributed by atoms with Crippen molar-refractivity contribution in [1.29, 1.82) is 0 Å². The van der Waals surface area contributed by atoms with Crippen LogP contribution in [0.4, 0.5) is 10.1 Å². The molecule has 2 aromatic rings. The third kappa shape index (κ3) is 5.10. The number of nitrogens with one attached hydrogen (secondary N) is 2. The van der Waals surface area contributed by atoms with Crippen LogP contribution in [0.15, 0.2) is 41.4 Å². The molecule has 144 valence electrons. The van der Waals surface area contributed by atoms with Gasteiger partial charge in [-0.2, -0.15) is 0 Å². The smallest absolute Gasteiger partial charge is 0.196 e. The number of halogens is 1. The third-order valence-electron chi connectivity index (χ3n) is 4.05. The number of hydrogen-bond donors (Lipinski definition) is 3. The molecular weight excluding hydrogens is 349 g/mol. The molecule has 3 N–H and O–H groups in total. The van der Waals surface area contributed by atoms with E-state index >= 15 is 0 Å². The monoisotopic (exact) mass is 373 g/mol. The molecule has 0 aliphatic carbocycles. The zero-order valence-electron chi connectivity index (χ0n) is 15.3. The molecule has 2 aromatic carbocycles. The van der Waals surface area contributed by atoms with E-state index in [-0.39, 0.29) is 12.2 Å². The highest BCUT2D eigenvalue weighted by Crippen LogP contribution is 2.32. The van der Waals surface area contributed by atoms with Crippen LogP contribution in [0.1, 0.15) is 24.5 Å². The van der Waals surface area contributed by atoms with Gasteiger partial charge in [0, 0.05) is 30.3 Å². The van der Waals surface area contributed by atoms with E-state index in [0.29, 0.717) is 38.0 Å². The molecule has 0 fully saturated rings. The molecule has 0 atom stereocenters. The van der Waals surface area contributed by atoms with Gasteiger partial charge in [0.15, 0.2) is 17.5 Å². The molecule has 3 rings (SSSR count). The van der Waals surface area contributed by atoms with Gasteiger partial charge in [-0.05, 0) is 36.8 Å². The Bertz CT molecular complexity index is 811. The lowest BCUT2D eigenvalue weighted by Crippen LogP contribution is -2.30. The minimum Gasteiger partial charge on any atom is -0.490 e. The maximum absolute atomic E-state index is 13.5. The summed E-state index contributed by atoms with van der Waals surface area (Å²) in [5.41, 5.74) is 1.91. The number of guanidine groups is 1. The van der Waals surface area contributed by atoms with Crippen LogP contribution in [0.25, 0.3) is 0 Å². The lowest BCUT2D eigenvalue weighted by atomic mass is 10.1. The first-order valence-corrected chi connectivity index (χ1v) is 9.02. The van der Waals surface area contributed by atoms with Crippen LogP contribution in [0.5, 0.6) is 11.5 Å².